The highest BCUT2D eigenvalue weighted by atomic mass is 16.2. The van der Waals surface area contributed by atoms with E-state index >= 15 is 0 Å². The fraction of sp³-hybridized carbons (Fsp3) is 0.208. The molecule has 3 heteroatoms. The Morgan fingerprint density at radius 2 is 1.30 bits per heavy atom. The Hall–Kier alpha value is -2.91. The predicted octanol–water partition coefficient (Wildman–Crippen LogP) is 3.97. The van der Waals surface area contributed by atoms with Crippen LogP contribution in [0.25, 0.3) is 11.1 Å². The summed E-state index contributed by atoms with van der Waals surface area (Å²) in [5.74, 6) is -0.106. The Bertz CT molecular complexity index is 845. The molecule has 0 aromatic heterocycles. The van der Waals surface area contributed by atoms with Crippen molar-refractivity contribution >= 4 is 5.91 Å². The molecule has 2 atom stereocenters. The van der Waals surface area contributed by atoms with E-state index in [4.69, 9.17) is 5.73 Å². The molecule has 0 aliphatic rings. The van der Waals surface area contributed by atoms with E-state index < -0.39 is 6.04 Å². The molecule has 0 bridgehead atoms. The van der Waals surface area contributed by atoms with Gasteiger partial charge in [0.05, 0.1) is 6.04 Å². The van der Waals surface area contributed by atoms with E-state index in [-0.39, 0.29) is 11.9 Å². The van der Waals surface area contributed by atoms with Crippen molar-refractivity contribution in [2.75, 3.05) is 0 Å². The summed E-state index contributed by atoms with van der Waals surface area (Å²) in [6.45, 7) is 2.01. The summed E-state index contributed by atoms with van der Waals surface area (Å²) < 4.78 is 0. The van der Waals surface area contributed by atoms with Gasteiger partial charge in [0.2, 0.25) is 5.91 Å². The Kier molecular flexibility index (Phi) is 6.39. The molecule has 27 heavy (non-hydrogen) atoms. The number of hydrogen-bond acceptors (Lipinski definition) is 2. The number of nitrogens with two attached hydrogens (primary N) is 1. The van der Waals surface area contributed by atoms with Gasteiger partial charge in [-0.25, -0.2) is 0 Å². The van der Waals surface area contributed by atoms with Crippen LogP contribution in [0.1, 0.15) is 18.1 Å². The lowest BCUT2D eigenvalue weighted by molar-refractivity contribution is -0.122. The van der Waals surface area contributed by atoms with Gasteiger partial charge in [0.1, 0.15) is 0 Å². The largest absolute Gasteiger partial charge is 0.352 e. The number of rotatable bonds is 7. The third-order valence-corrected chi connectivity index (χ3v) is 4.63. The minimum atomic E-state index is -0.550. The molecule has 0 heterocycles. The average molecular weight is 358 g/mol. The van der Waals surface area contributed by atoms with Crippen molar-refractivity contribution in [3.05, 3.63) is 96.1 Å². The fourth-order valence-corrected chi connectivity index (χ4v) is 3.18. The molecule has 3 N–H and O–H groups in total. The molecular weight excluding hydrogens is 332 g/mol. The molecule has 0 radical (unpaired) electrons. The van der Waals surface area contributed by atoms with Gasteiger partial charge in [-0.05, 0) is 42.0 Å². The van der Waals surface area contributed by atoms with Crippen LogP contribution in [0.5, 0.6) is 0 Å². The van der Waals surface area contributed by atoms with Crippen molar-refractivity contribution in [2.24, 2.45) is 5.73 Å². The minimum Gasteiger partial charge on any atom is -0.352 e. The van der Waals surface area contributed by atoms with Gasteiger partial charge in [0, 0.05) is 6.04 Å². The van der Waals surface area contributed by atoms with E-state index in [1.54, 1.807) is 0 Å². The quantitative estimate of drug-likeness (QED) is 0.671. The van der Waals surface area contributed by atoms with Crippen molar-refractivity contribution in [2.45, 2.75) is 31.8 Å². The van der Waals surface area contributed by atoms with Crippen LogP contribution in [-0.2, 0) is 17.6 Å². The maximum absolute atomic E-state index is 12.4. The number of nitrogens with one attached hydrogen (secondary N) is 1. The maximum atomic E-state index is 12.4. The molecule has 1 amide bonds. The summed E-state index contributed by atoms with van der Waals surface area (Å²) in [6.07, 6.45) is 1.32. The van der Waals surface area contributed by atoms with Crippen molar-refractivity contribution in [3.8, 4) is 11.1 Å². The Morgan fingerprint density at radius 1 is 0.778 bits per heavy atom. The van der Waals surface area contributed by atoms with Crippen LogP contribution >= 0.6 is 0 Å². The standard InChI is InChI=1S/C24H26N2O/c1-18(16-19-8-4-2-5-9-19)26-24(27)23(25)17-20-12-14-22(15-13-20)21-10-6-3-7-11-21/h2-15,18,23H,16-17,25H2,1H3,(H,26,27)/t18-,23+/m1/s1. The van der Waals surface area contributed by atoms with Gasteiger partial charge in [-0.15, -0.1) is 0 Å². The molecule has 0 aliphatic carbocycles. The smallest absolute Gasteiger partial charge is 0.237 e. The lowest BCUT2D eigenvalue weighted by Crippen LogP contribution is -2.46. The molecule has 3 nitrogen and oxygen atoms in total. The van der Waals surface area contributed by atoms with Crippen LogP contribution in [-0.4, -0.2) is 18.0 Å². The topological polar surface area (TPSA) is 55.1 Å². The van der Waals surface area contributed by atoms with E-state index in [1.165, 1.54) is 11.1 Å². The van der Waals surface area contributed by atoms with Gasteiger partial charge in [-0.2, -0.15) is 0 Å². The predicted molar refractivity (Wildman–Crippen MR) is 111 cm³/mol. The van der Waals surface area contributed by atoms with Gasteiger partial charge >= 0.3 is 0 Å². The minimum absolute atomic E-state index is 0.0476. The second kappa shape index (κ2) is 9.15. The van der Waals surface area contributed by atoms with Crippen molar-refractivity contribution in [1.29, 1.82) is 0 Å². The summed E-state index contributed by atoms with van der Waals surface area (Å²) in [5, 5.41) is 3.02. The molecular formula is C24H26N2O. The number of hydrogen-bond donors (Lipinski definition) is 2. The molecule has 0 spiro atoms. The van der Waals surface area contributed by atoms with Gasteiger partial charge in [0.15, 0.2) is 0 Å². The zero-order valence-electron chi connectivity index (χ0n) is 15.6. The summed E-state index contributed by atoms with van der Waals surface area (Å²) >= 11 is 0. The van der Waals surface area contributed by atoms with Gasteiger partial charge in [-0.1, -0.05) is 84.9 Å². The van der Waals surface area contributed by atoms with Crippen molar-refractivity contribution in [3.63, 3.8) is 0 Å². The molecule has 0 saturated heterocycles. The van der Waals surface area contributed by atoms with Crippen LogP contribution in [0.4, 0.5) is 0 Å². The SMILES string of the molecule is C[C@H](Cc1ccccc1)NC(=O)[C@@H](N)Cc1ccc(-c2ccccc2)cc1. The maximum Gasteiger partial charge on any atom is 0.237 e. The summed E-state index contributed by atoms with van der Waals surface area (Å²) in [7, 11) is 0. The third-order valence-electron chi connectivity index (χ3n) is 4.63. The number of amides is 1. The van der Waals surface area contributed by atoms with Gasteiger partial charge in [-0.3, -0.25) is 4.79 Å². The Balaban J connectivity index is 1.53. The second-order valence-electron chi connectivity index (χ2n) is 6.97. The zero-order valence-corrected chi connectivity index (χ0v) is 15.6. The lowest BCUT2D eigenvalue weighted by atomic mass is 10.0. The van der Waals surface area contributed by atoms with Crippen LogP contribution in [0.3, 0.4) is 0 Å². The molecule has 3 aromatic carbocycles. The number of benzene rings is 3. The zero-order chi connectivity index (χ0) is 19.1. The Morgan fingerprint density at radius 3 is 1.93 bits per heavy atom. The summed E-state index contributed by atoms with van der Waals surface area (Å²) in [4.78, 5) is 12.4. The van der Waals surface area contributed by atoms with E-state index in [0.29, 0.717) is 6.42 Å². The van der Waals surface area contributed by atoms with Crippen LogP contribution in [0, 0.1) is 0 Å². The van der Waals surface area contributed by atoms with E-state index in [9.17, 15) is 4.79 Å². The van der Waals surface area contributed by atoms with E-state index in [1.807, 2.05) is 55.5 Å². The average Bonchev–Trinajstić information content (AvgIpc) is 2.70. The molecule has 0 fully saturated rings. The normalized spacial score (nSPS) is 13.0. The summed E-state index contributed by atoms with van der Waals surface area (Å²) in [6, 6.07) is 28.1. The molecule has 3 aromatic rings. The van der Waals surface area contributed by atoms with Crippen molar-refractivity contribution < 1.29 is 4.79 Å². The Labute approximate surface area is 161 Å². The van der Waals surface area contributed by atoms with Crippen molar-refractivity contribution in [1.82, 2.24) is 5.32 Å². The highest BCUT2D eigenvalue weighted by Crippen LogP contribution is 2.19. The van der Waals surface area contributed by atoms with Crippen LogP contribution in [0.15, 0.2) is 84.9 Å². The molecule has 0 unspecified atom stereocenters. The molecule has 3 rings (SSSR count). The first-order valence-electron chi connectivity index (χ1n) is 9.36. The first-order valence-corrected chi connectivity index (χ1v) is 9.36. The van der Waals surface area contributed by atoms with E-state index in [0.717, 1.165) is 17.5 Å². The highest BCUT2D eigenvalue weighted by Gasteiger charge is 2.16. The monoisotopic (exact) mass is 358 g/mol. The second-order valence-corrected chi connectivity index (χ2v) is 6.97. The first-order chi connectivity index (χ1) is 13.1. The molecule has 0 aliphatic heterocycles. The molecule has 0 saturated carbocycles. The van der Waals surface area contributed by atoms with E-state index in [2.05, 4.69) is 41.7 Å². The summed E-state index contributed by atoms with van der Waals surface area (Å²) in [5.41, 5.74) is 10.7. The van der Waals surface area contributed by atoms with Crippen LogP contribution < -0.4 is 11.1 Å². The number of carbonyl (C=O) groups excluding carboxylic acids is 1. The lowest BCUT2D eigenvalue weighted by Gasteiger charge is -2.18. The third kappa shape index (κ3) is 5.53. The number of carbonyl (C=O) groups is 1. The van der Waals surface area contributed by atoms with Crippen LogP contribution in [0.2, 0.25) is 0 Å². The fourth-order valence-electron chi connectivity index (χ4n) is 3.18. The molecule has 138 valence electrons. The van der Waals surface area contributed by atoms with Gasteiger partial charge in [0.25, 0.3) is 0 Å². The van der Waals surface area contributed by atoms with Gasteiger partial charge < -0.3 is 11.1 Å². The highest BCUT2D eigenvalue weighted by molar-refractivity contribution is 5.82. The first kappa shape index (κ1) is 18.9.